The van der Waals surface area contributed by atoms with Crippen LogP contribution in [-0.4, -0.2) is 47.7 Å². The van der Waals surface area contributed by atoms with Crippen LogP contribution in [0.25, 0.3) is 5.69 Å². The number of benzene rings is 1. The molecule has 1 N–H and O–H groups in total. The van der Waals surface area contributed by atoms with Crippen LogP contribution in [0.1, 0.15) is 43.9 Å². The lowest BCUT2D eigenvalue weighted by Gasteiger charge is -2.09. The van der Waals surface area contributed by atoms with Gasteiger partial charge in [-0.2, -0.15) is 0 Å². The number of thiophene rings is 1. The summed E-state index contributed by atoms with van der Waals surface area (Å²) < 4.78 is 17.1. The number of hydrogen-bond acceptors (Lipinski definition) is 8. The number of carbonyl (C=O) groups is 2. The van der Waals surface area contributed by atoms with Crippen LogP contribution in [0, 0.1) is 13.8 Å². The molecule has 3 aromatic rings. The Morgan fingerprint density at radius 2 is 1.87 bits per heavy atom. The van der Waals surface area contributed by atoms with Crippen molar-refractivity contribution in [2.45, 2.75) is 27.4 Å². The monoisotopic (exact) mass is 444 g/mol. The Hall–Kier alpha value is -3.24. The van der Waals surface area contributed by atoms with E-state index in [1.54, 1.807) is 38.3 Å². The molecule has 10 heteroatoms. The molecule has 0 unspecified atom stereocenters. The van der Waals surface area contributed by atoms with E-state index in [4.69, 9.17) is 14.2 Å². The lowest BCUT2D eigenvalue weighted by molar-refractivity contribution is 0.0527. The standard InChI is InChI=1S/C21H24N4O5S/c1-6-30-21(27)17-12(2)13(3)31-20(17)22-19(26)18-16(11-28-4)25(24-23-18)14-7-9-15(29-5)10-8-14/h7-10H,6,11H2,1-5H3,(H,22,26). The molecule has 0 aliphatic carbocycles. The van der Waals surface area contributed by atoms with Crippen molar-refractivity contribution in [1.82, 2.24) is 15.0 Å². The van der Waals surface area contributed by atoms with E-state index in [9.17, 15) is 9.59 Å². The predicted molar refractivity (Wildman–Crippen MR) is 116 cm³/mol. The van der Waals surface area contributed by atoms with Crippen LogP contribution < -0.4 is 10.1 Å². The normalized spacial score (nSPS) is 10.7. The number of hydrogen-bond donors (Lipinski definition) is 1. The number of amides is 1. The third-order valence-electron chi connectivity index (χ3n) is 4.67. The fourth-order valence-electron chi connectivity index (χ4n) is 3.00. The van der Waals surface area contributed by atoms with E-state index >= 15 is 0 Å². The Morgan fingerprint density at radius 1 is 1.16 bits per heavy atom. The molecule has 2 heterocycles. The molecule has 0 atom stereocenters. The Kier molecular flexibility index (Phi) is 7.03. The van der Waals surface area contributed by atoms with Gasteiger partial charge in [0.2, 0.25) is 0 Å². The highest BCUT2D eigenvalue weighted by atomic mass is 32.1. The summed E-state index contributed by atoms with van der Waals surface area (Å²) in [5.74, 6) is -0.262. The maximum absolute atomic E-state index is 13.1. The number of anilines is 1. The molecule has 2 aromatic heterocycles. The molecule has 0 saturated carbocycles. The second-order valence-electron chi connectivity index (χ2n) is 6.59. The lowest BCUT2D eigenvalue weighted by Crippen LogP contribution is -2.17. The maximum Gasteiger partial charge on any atom is 0.341 e. The maximum atomic E-state index is 13.1. The number of ether oxygens (including phenoxy) is 3. The molecule has 0 spiro atoms. The molecule has 0 bridgehead atoms. The Morgan fingerprint density at radius 3 is 2.48 bits per heavy atom. The summed E-state index contributed by atoms with van der Waals surface area (Å²) in [6.45, 7) is 5.81. The van der Waals surface area contributed by atoms with Gasteiger partial charge in [0, 0.05) is 12.0 Å². The van der Waals surface area contributed by atoms with Gasteiger partial charge in [-0.15, -0.1) is 16.4 Å². The number of aromatic nitrogens is 3. The van der Waals surface area contributed by atoms with E-state index in [2.05, 4.69) is 15.6 Å². The van der Waals surface area contributed by atoms with E-state index in [-0.39, 0.29) is 18.9 Å². The van der Waals surface area contributed by atoms with Gasteiger partial charge in [-0.05, 0) is 50.6 Å². The number of rotatable bonds is 8. The lowest BCUT2D eigenvalue weighted by atomic mass is 10.1. The Labute approximate surface area is 183 Å². The largest absolute Gasteiger partial charge is 0.497 e. The van der Waals surface area contributed by atoms with Crippen molar-refractivity contribution in [3.8, 4) is 11.4 Å². The third-order valence-corrected chi connectivity index (χ3v) is 5.79. The molecule has 0 radical (unpaired) electrons. The predicted octanol–water partition coefficient (Wildman–Crippen LogP) is 3.53. The summed E-state index contributed by atoms with van der Waals surface area (Å²) in [5, 5.41) is 11.4. The highest BCUT2D eigenvalue weighted by molar-refractivity contribution is 7.16. The van der Waals surface area contributed by atoms with E-state index in [0.29, 0.717) is 27.7 Å². The second-order valence-corrected chi connectivity index (χ2v) is 7.81. The summed E-state index contributed by atoms with van der Waals surface area (Å²) >= 11 is 1.31. The smallest absolute Gasteiger partial charge is 0.341 e. The molecule has 0 saturated heterocycles. The quantitative estimate of drug-likeness (QED) is 0.530. The zero-order valence-electron chi connectivity index (χ0n) is 18.0. The average Bonchev–Trinajstić information content (AvgIpc) is 3.29. The van der Waals surface area contributed by atoms with Crippen LogP contribution in [0.2, 0.25) is 0 Å². The molecule has 9 nitrogen and oxygen atoms in total. The van der Waals surface area contributed by atoms with E-state index in [0.717, 1.165) is 10.4 Å². The molecule has 31 heavy (non-hydrogen) atoms. The van der Waals surface area contributed by atoms with E-state index < -0.39 is 11.9 Å². The molecule has 164 valence electrons. The molecule has 0 fully saturated rings. The van der Waals surface area contributed by atoms with Gasteiger partial charge < -0.3 is 19.5 Å². The Balaban J connectivity index is 1.95. The summed E-state index contributed by atoms with van der Waals surface area (Å²) in [6.07, 6.45) is 0. The second kappa shape index (κ2) is 9.71. The van der Waals surface area contributed by atoms with E-state index in [1.165, 1.54) is 23.1 Å². The number of nitrogens with zero attached hydrogens (tertiary/aromatic N) is 3. The van der Waals surface area contributed by atoms with Crippen molar-refractivity contribution in [1.29, 1.82) is 0 Å². The van der Waals surface area contributed by atoms with Crippen molar-refractivity contribution in [3.63, 3.8) is 0 Å². The number of esters is 1. The van der Waals surface area contributed by atoms with Gasteiger partial charge in [-0.3, -0.25) is 4.79 Å². The molecular weight excluding hydrogens is 420 g/mol. The van der Waals surface area contributed by atoms with Gasteiger partial charge in [0.25, 0.3) is 5.91 Å². The SMILES string of the molecule is CCOC(=O)c1c(NC(=O)c2nnn(-c3ccc(OC)cc3)c2COC)sc(C)c1C. The number of nitrogens with one attached hydrogen (secondary N) is 1. The van der Waals surface area contributed by atoms with Gasteiger partial charge in [-0.1, -0.05) is 5.21 Å². The molecule has 1 amide bonds. The van der Waals surface area contributed by atoms with Crippen molar-refractivity contribution in [2.24, 2.45) is 0 Å². The van der Waals surface area contributed by atoms with Crippen molar-refractivity contribution >= 4 is 28.2 Å². The first-order valence-electron chi connectivity index (χ1n) is 9.57. The fraction of sp³-hybridized carbons (Fsp3) is 0.333. The van der Waals surface area contributed by atoms with Crippen LogP contribution in [-0.2, 0) is 16.1 Å². The molecule has 0 aliphatic heterocycles. The number of carbonyl (C=O) groups excluding carboxylic acids is 2. The molecular formula is C21H24N4O5S. The first-order valence-corrected chi connectivity index (χ1v) is 10.4. The van der Waals surface area contributed by atoms with Crippen LogP contribution in [0.15, 0.2) is 24.3 Å². The van der Waals surface area contributed by atoms with Crippen molar-refractivity contribution in [2.75, 3.05) is 26.1 Å². The minimum atomic E-state index is -0.487. The van der Waals surface area contributed by atoms with Gasteiger partial charge in [-0.25, -0.2) is 9.48 Å². The minimum Gasteiger partial charge on any atom is -0.497 e. The summed E-state index contributed by atoms with van der Waals surface area (Å²) in [5.41, 5.74) is 2.42. The number of methoxy groups -OCH3 is 2. The van der Waals surface area contributed by atoms with Crippen molar-refractivity contribution in [3.05, 3.63) is 51.7 Å². The van der Waals surface area contributed by atoms with Gasteiger partial charge in [0.15, 0.2) is 5.69 Å². The first-order chi connectivity index (χ1) is 14.9. The first kappa shape index (κ1) is 22.4. The van der Waals surface area contributed by atoms with Crippen LogP contribution >= 0.6 is 11.3 Å². The minimum absolute atomic E-state index is 0.108. The fourth-order valence-corrected chi connectivity index (χ4v) is 4.04. The number of aryl methyl sites for hydroxylation is 1. The summed E-state index contributed by atoms with van der Waals surface area (Å²) in [6, 6.07) is 7.19. The van der Waals surface area contributed by atoms with Crippen LogP contribution in [0.3, 0.4) is 0 Å². The van der Waals surface area contributed by atoms with Gasteiger partial charge in [0.1, 0.15) is 16.4 Å². The van der Waals surface area contributed by atoms with Gasteiger partial charge in [0.05, 0.1) is 31.6 Å². The third kappa shape index (κ3) is 4.59. The van der Waals surface area contributed by atoms with E-state index in [1.807, 2.05) is 13.8 Å². The van der Waals surface area contributed by atoms with Crippen LogP contribution in [0.4, 0.5) is 5.00 Å². The summed E-state index contributed by atoms with van der Waals surface area (Å²) in [4.78, 5) is 26.4. The zero-order chi connectivity index (χ0) is 22.5. The topological polar surface area (TPSA) is 105 Å². The highest BCUT2D eigenvalue weighted by Gasteiger charge is 2.26. The molecule has 3 rings (SSSR count). The summed E-state index contributed by atoms with van der Waals surface area (Å²) in [7, 11) is 3.11. The molecule has 0 aliphatic rings. The van der Waals surface area contributed by atoms with Crippen LogP contribution in [0.5, 0.6) is 5.75 Å². The van der Waals surface area contributed by atoms with Gasteiger partial charge >= 0.3 is 5.97 Å². The average molecular weight is 445 g/mol. The highest BCUT2D eigenvalue weighted by Crippen LogP contribution is 2.33. The Bertz CT molecular complexity index is 1090. The zero-order valence-corrected chi connectivity index (χ0v) is 18.8. The molecule has 1 aromatic carbocycles. The van der Waals surface area contributed by atoms with Crippen molar-refractivity contribution < 1.29 is 23.8 Å².